The van der Waals surface area contributed by atoms with Crippen molar-refractivity contribution in [3.8, 4) is 11.3 Å². The number of benzene rings is 2. The number of halogens is 1. The van der Waals surface area contributed by atoms with Crippen LogP contribution in [0, 0.1) is 6.92 Å². The van der Waals surface area contributed by atoms with Crippen molar-refractivity contribution in [1.29, 1.82) is 0 Å². The molecular formula is C22H18ClNO5. The lowest BCUT2D eigenvalue weighted by atomic mass is 10.1. The highest BCUT2D eigenvalue weighted by Gasteiger charge is 2.16. The summed E-state index contributed by atoms with van der Waals surface area (Å²) in [4.78, 5) is 35.4. The number of ketones is 1. The van der Waals surface area contributed by atoms with Gasteiger partial charge in [-0.1, -0.05) is 41.9 Å². The molecule has 0 aliphatic carbocycles. The van der Waals surface area contributed by atoms with E-state index in [0.717, 1.165) is 5.56 Å². The van der Waals surface area contributed by atoms with Crippen LogP contribution in [0.2, 0.25) is 5.02 Å². The highest BCUT2D eigenvalue weighted by molar-refractivity contribution is 6.31. The number of ether oxygens (including phenoxy) is 1. The zero-order valence-electron chi connectivity index (χ0n) is 15.8. The van der Waals surface area contributed by atoms with Gasteiger partial charge in [0.25, 0.3) is 5.91 Å². The first kappa shape index (κ1) is 20.4. The van der Waals surface area contributed by atoms with Crippen LogP contribution in [-0.2, 0) is 9.53 Å². The van der Waals surface area contributed by atoms with Crippen LogP contribution in [0.15, 0.2) is 59.0 Å². The summed E-state index contributed by atoms with van der Waals surface area (Å²) in [5, 5.41) is 3.13. The quantitative estimate of drug-likeness (QED) is 0.460. The Labute approximate surface area is 172 Å². The molecule has 1 N–H and O–H groups in total. The Bertz CT molecular complexity index is 1070. The number of carbonyl (C=O) groups is 3. The fourth-order valence-electron chi connectivity index (χ4n) is 2.54. The number of hydrogen-bond donors (Lipinski definition) is 1. The van der Waals surface area contributed by atoms with E-state index < -0.39 is 18.5 Å². The van der Waals surface area contributed by atoms with Crippen LogP contribution in [0.5, 0.6) is 0 Å². The van der Waals surface area contributed by atoms with Gasteiger partial charge in [0, 0.05) is 21.8 Å². The highest BCUT2D eigenvalue weighted by Crippen LogP contribution is 2.23. The van der Waals surface area contributed by atoms with Gasteiger partial charge in [0.05, 0.1) is 0 Å². The third-order valence-electron chi connectivity index (χ3n) is 4.17. The van der Waals surface area contributed by atoms with Crippen LogP contribution < -0.4 is 5.32 Å². The summed E-state index contributed by atoms with van der Waals surface area (Å²) in [6, 6.07) is 15.0. The summed E-state index contributed by atoms with van der Waals surface area (Å²) in [6.45, 7) is 2.87. The van der Waals surface area contributed by atoms with Crippen molar-refractivity contribution < 1.29 is 23.5 Å². The second-order valence-corrected chi connectivity index (χ2v) is 6.79. The Morgan fingerprint density at radius 3 is 2.41 bits per heavy atom. The molecule has 1 amide bonds. The fourth-order valence-corrected chi connectivity index (χ4v) is 2.72. The van der Waals surface area contributed by atoms with E-state index in [4.69, 9.17) is 20.8 Å². The average molecular weight is 412 g/mol. The van der Waals surface area contributed by atoms with Crippen LogP contribution in [-0.4, -0.2) is 24.3 Å². The molecule has 0 atom stereocenters. The second-order valence-electron chi connectivity index (χ2n) is 6.39. The summed E-state index contributed by atoms with van der Waals surface area (Å²) in [6.07, 6.45) is 0. The number of anilines is 1. The van der Waals surface area contributed by atoms with E-state index in [-0.39, 0.29) is 11.5 Å². The Morgan fingerprint density at radius 2 is 1.76 bits per heavy atom. The monoisotopic (exact) mass is 411 g/mol. The van der Waals surface area contributed by atoms with Crippen LogP contribution in [0.3, 0.4) is 0 Å². The Balaban J connectivity index is 1.57. The van der Waals surface area contributed by atoms with E-state index in [1.807, 2.05) is 6.92 Å². The molecule has 0 aliphatic heterocycles. The molecule has 29 heavy (non-hydrogen) atoms. The highest BCUT2D eigenvalue weighted by atomic mass is 35.5. The number of nitrogens with one attached hydrogen (secondary N) is 1. The van der Waals surface area contributed by atoms with Crippen molar-refractivity contribution in [2.75, 3.05) is 11.9 Å². The molecule has 1 heterocycles. The summed E-state index contributed by atoms with van der Waals surface area (Å²) >= 11 is 6.02. The third-order valence-corrected chi connectivity index (χ3v) is 4.58. The molecule has 3 aromatic rings. The second kappa shape index (κ2) is 8.75. The topological polar surface area (TPSA) is 85.6 Å². The Morgan fingerprint density at radius 1 is 1.03 bits per heavy atom. The Kier molecular flexibility index (Phi) is 6.14. The van der Waals surface area contributed by atoms with Gasteiger partial charge in [0.15, 0.2) is 12.4 Å². The largest absolute Gasteiger partial charge is 0.450 e. The number of aryl methyl sites for hydroxylation is 1. The number of esters is 1. The number of rotatable bonds is 6. The molecule has 3 rings (SSSR count). The minimum atomic E-state index is -0.756. The van der Waals surface area contributed by atoms with E-state index in [1.54, 1.807) is 48.5 Å². The summed E-state index contributed by atoms with van der Waals surface area (Å²) in [7, 11) is 0. The van der Waals surface area contributed by atoms with E-state index in [1.165, 1.54) is 13.0 Å². The molecule has 0 radical (unpaired) electrons. The first-order valence-corrected chi connectivity index (χ1v) is 9.15. The first-order valence-electron chi connectivity index (χ1n) is 8.78. The van der Waals surface area contributed by atoms with Gasteiger partial charge in [0.1, 0.15) is 5.76 Å². The van der Waals surface area contributed by atoms with E-state index in [9.17, 15) is 14.4 Å². The molecule has 0 aliphatic rings. The van der Waals surface area contributed by atoms with Gasteiger partial charge in [-0.2, -0.15) is 0 Å². The zero-order valence-corrected chi connectivity index (χ0v) is 16.6. The Hall–Kier alpha value is -3.38. The summed E-state index contributed by atoms with van der Waals surface area (Å²) in [5.74, 6) is -0.863. The van der Waals surface area contributed by atoms with Gasteiger partial charge in [-0.05, 0) is 43.7 Å². The van der Waals surface area contributed by atoms with Crippen molar-refractivity contribution in [3.63, 3.8) is 0 Å². The zero-order chi connectivity index (χ0) is 21.0. The molecule has 0 fully saturated rings. The minimum absolute atomic E-state index is 0.0261. The smallest absolute Gasteiger partial charge is 0.374 e. The predicted octanol–water partition coefficient (Wildman–Crippen LogP) is 4.91. The number of furan rings is 1. The molecule has 0 spiro atoms. The number of amides is 1. The molecule has 0 bridgehead atoms. The van der Waals surface area contributed by atoms with Crippen LogP contribution in [0.1, 0.15) is 33.4 Å². The van der Waals surface area contributed by atoms with Crippen LogP contribution >= 0.6 is 11.6 Å². The lowest BCUT2D eigenvalue weighted by Crippen LogP contribution is -2.20. The molecule has 7 heteroatoms. The van der Waals surface area contributed by atoms with Crippen molar-refractivity contribution >= 4 is 34.9 Å². The van der Waals surface area contributed by atoms with E-state index in [0.29, 0.717) is 27.6 Å². The number of Topliss-reactive ketones (excluding diaryl/α,β-unsaturated/α-hetero) is 1. The van der Waals surface area contributed by atoms with Gasteiger partial charge >= 0.3 is 5.97 Å². The van der Waals surface area contributed by atoms with Crippen molar-refractivity contribution in [1.82, 2.24) is 0 Å². The molecule has 0 unspecified atom stereocenters. The van der Waals surface area contributed by atoms with Gasteiger partial charge in [0.2, 0.25) is 5.76 Å². The molecule has 0 saturated carbocycles. The van der Waals surface area contributed by atoms with E-state index >= 15 is 0 Å². The average Bonchev–Trinajstić information content (AvgIpc) is 3.19. The van der Waals surface area contributed by atoms with Crippen molar-refractivity contribution in [3.05, 3.63) is 76.5 Å². The lowest BCUT2D eigenvalue weighted by molar-refractivity contribution is -0.119. The van der Waals surface area contributed by atoms with Crippen LogP contribution in [0.4, 0.5) is 5.69 Å². The summed E-state index contributed by atoms with van der Waals surface area (Å²) in [5.41, 5.74) is 2.69. The molecule has 6 nitrogen and oxygen atoms in total. The minimum Gasteiger partial charge on any atom is -0.450 e. The maximum absolute atomic E-state index is 12.1. The van der Waals surface area contributed by atoms with Gasteiger partial charge in [-0.25, -0.2) is 4.79 Å². The maximum atomic E-state index is 12.1. The predicted molar refractivity (Wildman–Crippen MR) is 109 cm³/mol. The lowest BCUT2D eigenvalue weighted by Gasteiger charge is -2.07. The fraction of sp³-hybridized carbons (Fsp3) is 0.136. The molecule has 2 aromatic carbocycles. The summed E-state index contributed by atoms with van der Waals surface area (Å²) < 4.78 is 10.5. The molecule has 148 valence electrons. The SMILES string of the molecule is CC(=O)c1ccc(-c2ccc(C(=O)OCC(=O)Nc3ccc(C)c(Cl)c3)o2)cc1. The third kappa shape index (κ3) is 5.12. The van der Waals surface area contributed by atoms with Gasteiger partial charge in [-0.15, -0.1) is 0 Å². The van der Waals surface area contributed by atoms with E-state index in [2.05, 4.69) is 5.32 Å². The molecular weight excluding hydrogens is 394 g/mol. The number of hydrogen-bond acceptors (Lipinski definition) is 5. The van der Waals surface area contributed by atoms with Crippen molar-refractivity contribution in [2.24, 2.45) is 0 Å². The van der Waals surface area contributed by atoms with Gasteiger partial charge < -0.3 is 14.5 Å². The molecule has 1 aromatic heterocycles. The number of carbonyl (C=O) groups excluding carboxylic acids is 3. The van der Waals surface area contributed by atoms with Crippen molar-refractivity contribution in [2.45, 2.75) is 13.8 Å². The van der Waals surface area contributed by atoms with Gasteiger partial charge in [-0.3, -0.25) is 9.59 Å². The first-order chi connectivity index (χ1) is 13.8. The normalized spacial score (nSPS) is 10.4. The maximum Gasteiger partial charge on any atom is 0.374 e. The molecule has 0 saturated heterocycles. The standard InChI is InChI=1S/C22H18ClNO5/c1-13-3-8-17(11-18(13)23)24-21(26)12-28-22(27)20-10-9-19(29-20)16-6-4-15(5-7-16)14(2)25/h3-11H,12H2,1-2H3,(H,24,26). The van der Waals surface area contributed by atoms with Crippen LogP contribution in [0.25, 0.3) is 11.3 Å².